The first-order chi connectivity index (χ1) is 8.13. The van der Waals surface area contributed by atoms with E-state index in [1.165, 1.54) is 6.42 Å². The Kier molecular flexibility index (Phi) is 4.45. The van der Waals surface area contributed by atoms with Crippen LogP contribution in [0.25, 0.3) is 0 Å². The second-order valence-electron chi connectivity index (χ2n) is 4.57. The molecule has 0 spiro atoms. The minimum atomic E-state index is -0.296. The molecule has 1 aromatic carbocycles. The summed E-state index contributed by atoms with van der Waals surface area (Å²) in [6.45, 7) is 3.15. The lowest BCUT2D eigenvalue weighted by atomic mass is 9.87. The fourth-order valence-electron chi connectivity index (χ4n) is 2.41. The zero-order valence-electron chi connectivity index (χ0n) is 9.77. The van der Waals surface area contributed by atoms with Gasteiger partial charge in [-0.05, 0) is 47.3 Å². The van der Waals surface area contributed by atoms with Gasteiger partial charge < -0.3 is 5.32 Å². The van der Waals surface area contributed by atoms with Gasteiger partial charge in [0, 0.05) is 16.1 Å². The van der Waals surface area contributed by atoms with Gasteiger partial charge in [0.15, 0.2) is 0 Å². The largest absolute Gasteiger partial charge is 0.310 e. The Labute approximate surface area is 115 Å². The molecule has 4 heteroatoms. The molecule has 1 aliphatic heterocycles. The second-order valence-corrected chi connectivity index (χ2v) is 5.80. The Balaban J connectivity index is 2.25. The van der Waals surface area contributed by atoms with Gasteiger partial charge in [0.05, 0.1) is 5.02 Å². The van der Waals surface area contributed by atoms with Crippen molar-refractivity contribution in [3.8, 4) is 0 Å². The van der Waals surface area contributed by atoms with Crippen LogP contribution in [-0.2, 0) is 0 Å². The maximum absolute atomic E-state index is 14.1. The van der Waals surface area contributed by atoms with Crippen molar-refractivity contribution in [2.45, 2.75) is 32.2 Å². The van der Waals surface area contributed by atoms with Crippen LogP contribution in [0.15, 0.2) is 16.6 Å². The van der Waals surface area contributed by atoms with Crippen LogP contribution in [0.1, 0.15) is 37.8 Å². The van der Waals surface area contributed by atoms with Crippen LogP contribution in [0.3, 0.4) is 0 Å². The second kappa shape index (κ2) is 5.68. The van der Waals surface area contributed by atoms with Gasteiger partial charge in [-0.3, -0.25) is 0 Å². The summed E-state index contributed by atoms with van der Waals surface area (Å²) in [4.78, 5) is 0. The lowest BCUT2D eigenvalue weighted by molar-refractivity contribution is 0.294. The lowest BCUT2D eigenvalue weighted by Gasteiger charge is -2.30. The summed E-state index contributed by atoms with van der Waals surface area (Å²) in [5, 5.41) is 3.56. The fraction of sp³-hybridized carbons (Fsp3) is 0.538. The van der Waals surface area contributed by atoms with Gasteiger partial charge >= 0.3 is 0 Å². The predicted molar refractivity (Wildman–Crippen MR) is 72.9 cm³/mol. The minimum Gasteiger partial charge on any atom is -0.310 e. The molecule has 2 unspecified atom stereocenters. The van der Waals surface area contributed by atoms with Gasteiger partial charge in [0.2, 0.25) is 0 Å². The monoisotopic (exact) mass is 319 g/mol. The molecule has 2 rings (SSSR count). The predicted octanol–water partition coefficient (Wildman–Crippen LogP) is 4.69. The highest BCUT2D eigenvalue weighted by atomic mass is 79.9. The zero-order valence-corrected chi connectivity index (χ0v) is 12.1. The molecular formula is C13H16BrClFN. The third-order valence-electron chi connectivity index (χ3n) is 3.53. The molecule has 94 valence electrons. The van der Waals surface area contributed by atoms with Crippen LogP contribution in [0.5, 0.6) is 0 Å². The van der Waals surface area contributed by atoms with Crippen LogP contribution in [-0.4, -0.2) is 6.54 Å². The van der Waals surface area contributed by atoms with E-state index in [9.17, 15) is 4.39 Å². The number of hydrogen-bond donors (Lipinski definition) is 1. The third-order valence-corrected chi connectivity index (χ3v) is 4.79. The standard InChI is InChI=1S/C13H16BrClFN/c1-2-8-5-6-17-11(7-8)9-3-4-10(14)12(15)13(9)16/h3-4,8,11,17H,2,5-7H2,1H3. The van der Waals surface area contributed by atoms with Crippen molar-refractivity contribution in [2.75, 3.05) is 6.54 Å². The molecule has 0 saturated carbocycles. The molecule has 1 aromatic rings. The molecule has 1 N–H and O–H groups in total. The van der Waals surface area contributed by atoms with Crippen LogP contribution in [0.4, 0.5) is 4.39 Å². The summed E-state index contributed by atoms with van der Waals surface area (Å²) in [5.74, 6) is 0.387. The summed E-state index contributed by atoms with van der Waals surface area (Å²) in [6.07, 6.45) is 3.33. The smallest absolute Gasteiger partial charge is 0.147 e. The molecule has 1 fully saturated rings. The van der Waals surface area contributed by atoms with Crippen LogP contribution in [0, 0.1) is 11.7 Å². The Bertz CT molecular complexity index is 411. The topological polar surface area (TPSA) is 12.0 Å². The van der Waals surface area contributed by atoms with Gasteiger partial charge in [-0.25, -0.2) is 4.39 Å². The molecule has 0 aromatic heterocycles. The molecule has 0 aliphatic carbocycles. The van der Waals surface area contributed by atoms with E-state index in [0.29, 0.717) is 16.0 Å². The average Bonchev–Trinajstić information content (AvgIpc) is 2.36. The van der Waals surface area contributed by atoms with E-state index < -0.39 is 0 Å². The molecule has 2 atom stereocenters. The van der Waals surface area contributed by atoms with Gasteiger partial charge in [-0.1, -0.05) is 31.0 Å². The van der Waals surface area contributed by atoms with E-state index in [2.05, 4.69) is 28.2 Å². The number of halogens is 3. The van der Waals surface area contributed by atoms with Gasteiger partial charge in [-0.2, -0.15) is 0 Å². The molecule has 1 saturated heterocycles. The highest BCUT2D eigenvalue weighted by Crippen LogP contribution is 2.35. The fourth-order valence-corrected chi connectivity index (χ4v) is 2.89. The third kappa shape index (κ3) is 2.83. The summed E-state index contributed by atoms with van der Waals surface area (Å²) in [5.41, 5.74) is 0.691. The van der Waals surface area contributed by atoms with E-state index in [1.807, 2.05) is 12.1 Å². The lowest BCUT2D eigenvalue weighted by Crippen LogP contribution is -2.32. The van der Waals surface area contributed by atoms with E-state index in [-0.39, 0.29) is 16.9 Å². The Morgan fingerprint density at radius 2 is 2.29 bits per heavy atom. The van der Waals surface area contributed by atoms with E-state index in [4.69, 9.17) is 11.6 Å². The summed E-state index contributed by atoms with van der Waals surface area (Å²) in [7, 11) is 0. The highest BCUT2D eigenvalue weighted by molar-refractivity contribution is 9.10. The van der Waals surface area contributed by atoms with Crippen molar-refractivity contribution < 1.29 is 4.39 Å². The molecule has 0 radical (unpaired) electrons. The maximum Gasteiger partial charge on any atom is 0.147 e. The molecule has 17 heavy (non-hydrogen) atoms. The molecule has 1 nitrogen and oxygen atoms in total. The summed E-state index contributed by atoms with van der Waals surface area (Å²) < 4.78 is 14.7. The zero-order chi connectivity index (χ0) is 12.4. The van der Waals surface area contributed by atoms with Crippen LogP contribution < -0.4 is 5.32 Å². The van der Waals surface area contributed by atoms with Gasteiger partial charge in [0.1, 0.15) is 5.82 Å². The van der Waals surface area contributed by atoms with Gasteiger partial charge in [-0.15, -0.1) is 0 Å². The number of benzene rings is 1. The Hall–Kier alpha value is -0.120. The minimum absolute atomic E-state index is 0.0966. The first-order valence-electron chi connectivity index (χ1n) is 6.00. The van der Waals surface area contributed by atoms with Crippen molar-refractivity contribution >= 4 is 27.5 Å². The van der Waals surface area contributed by atoms with E-state index in [0.717, 1.165) is 19.4 Å². The maximum atomic E-state index is 14.1. The van der Waals surface area contributed by atoms with Crippen molar-refractivity contribution in [1.29, 1.82) is 0 Å². The number of hydrogen-bond acceptors (Lipinski definition) is 1. The van der Waals surface area contributed by atoms with Crippen molar-refractivity contribution in [3.05, 3.63) is 33.0 Å². The van der Waals surface area contributed by atoms with E-state index in [1.54, 1.807) is 0 Å². The van der Waals surface area contributed by atoms with Crippen molar-refractivity contribution in [3.63, 3.8) is 0 Å². The molecule has 1 aliphatic rings. The highest BCUT2D eigenvalue weighted by Gasteiger charge is 2.25. The molecular weight excluding hydrogens is 305 g/mol. The molecule has 0 amide bonds. The number of nitrogens with one attached hydrogen (secondary N) is 1. The van der Waals surface area contributed by atoms with Gasteiger partial charge in [0.25, 0.3) is 0 Å². The Morgan fingerprint density at radius 3 is 3.00 bits per heavy atom. The van der Waals surface area contributed by atoms with Crippen LogP contribution >= 0.6 is 27.5 Å². The normalized spacial score (nSPS) is 24.9. The van der Waals surface area contributed by atoms with Crippen molar-refractivity contribution in [1.82, 2.24) is 5.32 Å². The SMILES string of the molecule is CCC1CCNC(c2ccc(Br)c(Cl)c2F)C1. The first-order valence-corrected chi connectivity index (χ1v) is 7.17. The summed E-state index contributed by atoms with van der Waals surface area (Å²) in [6, 6.07) is 3.73. The quantitative estimate of drug-likeness (QED) is 0.779. The van der Waals surface area contributed by atoms with E-state index >= 15 is 0 Å². The average molecular weight is 321 g/mol. The first kappa shape index (κ1) is 13.3. The molecule has 1 heterocycles. The molecule has 0 bridgehead atoms. The number of rotatable bonds is 2. The van der Waals surface area contributed by atoms with Crippen molar-refractivity contribution in [2.24, 2.45) is 5.92 Å². The van der Waals surface area contributed by atoms with Crippen LogP contribution in [0.2, 0.25) is 5.02 Å². The number of piperidine rings is 1. The summed E-state index contributed by atoms with van der Waals surface area (Å²) >= 11 is 9.16. The Morgan fingerprint density at radius 1 is 1.53 bits per heavy atom.